The van der Waals surface area contributed by atoms with Gasteiger partial charge in [0.05, 0.1) is 17.9 Å². The van der Waals surface area contributed by atoms with Crippen LogP contribution in [0.3, 0.4) is 0 Å². The molecule has 2 amide bonds. The monoisotopic (exact) mass is 460 g/mol. The van der Waals surface area contributed by atoms with Crippen molar-refractivity contribution < 1.29 is 19.1 Å². The predicted molar refractivity (Wildman–Crippen MR) is 131 cm³/mol. The van der Waals surface area contributed by atoms with Gasteiger partial charge in [0.25, 0.3) is 0 Å². The number of esters is 1. The number of hydrogen-bond donors (Lipinski definition) is 1. The van der Waals surface area contributed by atoms with Gasteiger partial charge in [-0.3, -0.25) is 0 Å². The molecule has 4 rings (SSSR count). The summed E-state index contributed by atoms with van der Waals surface area (Å²) in [4.78, 5) is 33.2. The second-order valence-corrected chi connectivity index (χ2v) is 7.79. The van der Waals surface area contributed by atoms with E-state index in [0.29, 0.717) is 49.0 Å². The van der Waals surface area contributed by atoms with Gasteiger partial charge in [-0.15, -0.1) is 0 Å². The number of pyridine rings is 1. The van der Waals surface area contributed by atoms with Crippen LogP contribution in [0.15, 0.2) is 72.9 Å². The minimum absolute atomic E-state index is 0.170. The van der Waals surface area contributed by atoms with Crippen molar-refractivity contribution in [3.8, 4) is 11.5 Å². The molecule has 1 saturated heterocycles. The van der Waals surface area contributed by atoms with Gasteiger partial charge in [0.2, 0.25) is 0 Å². The largest absolute Gasteiger partial charge is 0.462 e. The predicted octanol–water partition coefficient (Wildman–Crippen LogP) is 4.79. The molecule has 0 spiro atoms. The Morgan fingerprint density at radius 2 is 1.74 bits per heavy atom. The van der Waals surface area contributed by atoms with Gasteiger partial charge < -0.3 is 24.6 Å². The van der Waals surface area contributed by atoms with Gasteiger partial charge in [-0.1, -0.05) is 30.3 Å². The molecule has 176 valence electrons. The summed E-state index contributed by atoms with van der Waals surface area (Å²) < 4.78 is 11.0. The molecule has 1 aliphatic rings. The molecule has 0 bridgehead atoms. The highest BCUT2D eigenvalue weighted by Crippen LogP contribution is 2.29. The number of ether oxygens (including phenoxy) is 2. The Balaban J connectivity index is 1.37. The van der Waals surface area contributed by atoms with Crippen LogP contribution in [0.1, 0.15) is 23.7 Å². The molecular formula is C26H28N4O4. The van der Waals surface area contributed by atoms with E-state index in [2.05, 4.69) is 15.2 Å². The van der Waals surface area contributed by atoms with Crippen molar-refractivity contribution in [1.29, 1.82) is 0 Å². The second kappa shape index (κ2) is 11.2. The van der Waals surface area contributed by atoms with Crippen molar-refractivity contribution in [2.24, 2.45) is 0 Å². The van der Waals surface area contributed by atoms with Gasteiger partial charge in [-0.2, -0.15) is 0 Å². The van der Waals surface area contributed by atoms with Gasteiger partial charge in [-0.25, -0.2) is 14.6 Å². The number of para-hydroxylation sites is 3. The Kier molecular flexibility index (Phi) is 7.60. The van der Waals surface area contributed by atoms with Gasteiger partial charge in [0, 0.05) is 32.4 Å². The van der Waals surface area contributed by atoms with Gasteiger partial charge in [-0.05, 0) is 49.7 Å². The minimum atomic E-state index is -0.378. The van der Waals surface area contributed by atoms with Crippen LogP contribution in [-0.2, 0) is 4.74 Å². The van der Waals surface area contributed by atoms with E-state index in [1.807, 2.05) is 60.7 Å². The summed E-state index contributed by atoms with van der Waals surface area (Å²) in [7, 11) is 0. The standard InChI is InChI=1S/C26H28N4O4/c1-2-33-25(31)20-13-14-24(27-19-20)29-15-8-16-30(18-17-29)26(32)28-22-11-6-7-12-23(22)34-21-9-4-3-5-10-21/h3-7,9-14,19H,2,8,15-18H2,1H3,(H,28,32). The van der Waals surface area contributed by atoms with Crippen LogP contribution in [0.25, 0.3) is 0 Å². The Labute approximate surface area is 199 Å². The lowest BCUT2D eigenvalue weighted by Crippen LogP contribution is -2.38. The fourth-order valence-electron chi connectivity index (χ4n) is 3.73. The lowest BCUT2D eigenvalue weighted by atomic mass is 10.2. The summed E-state index contributed by atoms with van der Waals surface area (Å²) in [6, 6.07) is 20.2. The van der Waals surface area contributed by atoms with Crippen LogP contribution in [0.5, 0.6) is 11.5 Å². The number of aromatic nitrogens is 1. The van der Waals surface area contributed by atoms with Gasteiger partial charge >= 0.3 is 12.0 Å². The molecule has 2 heterocycles. The summed E-state index contributed by atoms with van der Waals surface area (Å²) in [5.41, 5.74) is 1.05. The number of anilines is 2. The van der Waals surface area contributed by atoms with Crippen LogP contribution < -0.4 is 15.0 Å². The number of amides is 2. The van der Waals surface area contributed by atoms with Crippen LogP contribution in [0.4, 0.5) is 16.3 Å². The highest BCUT2D eigenvalue weighted by molar-refractivity contribution is 5.91. The molecule has 3 aromatic rings. The average molecular weight is 461 g/mol. The second-order valence-electron chi connectivity index (χ2n) is 7.79. The highest BCUT2D eigenvalue weighted by Gasteiger charge is 2.21. The fourth-order valence-corrected chi connectivity index (χ4v) is 3.73. The maximum Gasteiger partial charge on any atom is 0.339 e. The van der Waals surface area contributed by atoms with Crippen molar-refractivity contribution >= 4 is 23.5 Å². The molecule has 0 saturated carbocycles. The third kappa shape index (κ3) is 5.83. The van der Waals surface area contributed by atoms with Gasteiger partial charge in [0.1, 0.15) is 11.6 Å². The van der Waals surface area contributed by atoms with E-state index in [1.54, 1.807) is 17.9 Å². The van der Waals surface area contributed by atoms with Crippen molar-refractivity contribution in [2.75, 3.05) is 43.0 Å². The molecule has 1 N–H and O–H groups in total. The maximum atomic E-state index is 13.0. The normalized spacial score (nSPS) is 13.7. The lowest BCUT2D eigenvalue weighted by molar-refractivity contribution is 0.0526. The van der Waals surface area contributed by atoms with E-state index < -0.39 is 0 Å². The Morgan fingerprint density at radius 1 is 0.941 bits per heavy atom. The summed E-state index contributed by atoms with van der Waals surface area (Å²) in [5, 5.41) is 2.99. The number of carbonyl (C=O) groups excluding carboxylic acids is 2. The van der Waals surface area contributed by atoms with E-state index in [9.17, 15) is 9.59 Å². The Hall–Kier alpha value is -4.07. The van der Waals surface area contributed by atoms with Crippen LogP contribution in [0.2, 0.25) is 0 Å². The first-order chi connectivity index (χ1) is 16.6. The number of nitrogens with one attached hydrogen (secondary N) is 1. The molecule has 8 heteroatoms. The molecule has 0 aliphatic carbocycles. The average Bonchev–Trinajstić information content (AvgIpc) is 3.13. The minimum Gasteiger partial charge on any atom is -0.462 e. The Morgan fingerprint density at radius 3 is 2.50 bits per heavy atom. The van der Waals surface area contributed by atoms with Crippen LogP contribution in [-0.4, -0.2) is 54.7 Å². The van der Waals surface area contributed by atoms with Crippen molar-refractivity contribution in [3.05, 3.63) is 78.5 Å². The van der Waals surface area contributed by atoms with Crippen molar-refractivity contribution in [1.82, 2.24) is 9.88 Å². The molecular weight excluding hydrogens is 432 g/mol. The maximum absolute atomic E-state index is 13.0. The molecule has 2 aromatic carbocycles. The van der Waals surface area contributed by atoms with E-state index in [-0.39, 0.29) is 12.0 Å². The molecule has 0 atom stereocenters. The van der Waals surface area contributed by atoms with E-state index in [4.69, 9.17) is 9.47 Å². The third-order valence-corrected chi connectivity index (χ3v) is 5.47. The summed E-state index contributed by atoms with van der Waals surface area (Å²) in [6.07, 6.45) is 2.34. The van der Waals surface area contributed by atoms with E-state index in [0.717, 1.165) is 18.8 Å². The van der Waals surface area contributed by atoms with Crippen LogP contribution in [0, 0.1) is 0 Å². The summed E-state index contributed by atoms with van der Waals surface area (Å²) >= 11 is 0. The zero-order valence-corrected chi connectivity index (χ0v) is 19.1. The first-order valence-electron chi connectivity index (χ1n) is 11.4. The third-order valence-electron chi connectivity index (χ3n) is 5.47. The molecule has 0 radical (unpaired) electrons. The summed E-state index contributed by atoms with van der Waals surface area (Å²) in [6.45, 7) is 4.69. The lowest BCUT2D eigenvalue weighted by Gasteiger charge is -2.23. The molecule has 1 fully saturated rings. The van der Waals surface area contributed by atoms with Crippen molar-refractivity contribution in [3.63, 3.8) is 0 Å². The number of carbonyl (C=O) groups is 2. The molecule has 8 nitrogen and oxygen atoms in total. The van der Waals surface area contributed by atoms with Crippen molar-refractivity contribution in [2.45, 2.75) is 13.3 Å². The zero-order valence-electron chi connectivity index (χ0n) is 19.1. The zero-order chi connectivity index (χ0) is 23.8. The fraction of sp³-hybridized carbons (Fsp3) is 0.269. The molecule has 34 heavy (non-hydrogen) atoms. The molecule has 0 unspecified atom stereocenters. The SMILES string of the molecule is CCOC(=O)c1ccc(N2CCCN(C(=O)Nc3ccccc3Oc3ccccc3)CC2)nc1. The number of benzene rings is 2. The summed E-state index contributed by atoms with van der Waals surface area (Å²) in [5.74, 6) is 1.69. The number of hydrogen-bond acceptors (Lipinski definition) is 6. The number of rotatable bonds is 6. The smallest absolute Gasteiger partial charge is 0.339 e. The Bertz CT molecular complexity index is 1110. The number of urea groups is 1. The first-order valence-corrected chi connectivity index (χ1v) is 11.4. The highest BCUT2D eigenvalue weighted by atomic mass is 16.5. The molecule has 1 aliphatic heterocycles. The topological polar surface area (TPSA) is 84.0 Å². The number of nitrogens with zero attached hydrogens (tertiary/aromatic N) is 3. The quantitative estimate of drug-likeness (QED) is 0.532. The van der Waals surface area contributed by atoms with E-state index >= 15 is 0 Å². The first kappa shape index (κ1) is 23.1. The van der Waals surface area contributed by atoms with E-state index in [1.165, 1.54) is 6.20 Å². The van der Waals surface area contributed by atoms with Crippen LogP contribution >= 0.6 is 0 Å². The van der Waals surface area contributed by atoms with Gasteiger partial charge in [0.15, 0.2) is 5.75 Å². The molecule has 1 aromatic heterocycles.